The topological polar surface area (TPSA) is 77.5 Å². The molecule has 0 atom stereocenters. The number of alkyl carbamates (subject to hydrolysis) is 1. The van der Waals surface area contributed by atoms with E-state index in [2.05, 4.69) is 10.3 Å². The summed E-state index contributed by atoms with van der Waals surface area (Å²) in [7, 11) is 0. The Hall–Kier alpha value is -2.89. The lowest BCUT2D eigenvalue weighted by Crippen LogP contribution is -2.33. The fraction of sp³-hybridized carbons (Fsp3) is 0.350. The molecule has 0 fully saturated rings. The summed E-state index contributed by atoms with van der Waals surface area (Å²) < 4.78 is 10.9. The molecule has 0 aliphatic rings. The van der Waals surface area contributed by atoms with Crippen LogP contribution in [0.4, 0.5) is 4.79 Å². The van der Waals surface area contributed by atoms with E-state index in [1.54, 1.807) is 51.2 Å². The van der Waals surface area contributed by atoms with Crippen LogP contribution in [0.1, 0.15) is 44.0 Å². The third-order valence-electron chi connectivity index (χ3n) is 3.28. The summed E-state index contributed by atoms with van der Waals surface area (Å²) in [6.45, 7) is 5.75. The van der Waals surface area contributed by atoms with Gasteiger partial charge in [-0.25, -0.2) is 9.78 Å². The molecule has 1 amide bonds. The quantitative estimate of drug-likeness (QED) is 0.589. The maximum Gasteiger partial charge on any atom is 0.407 e. The van der Waals surface area contributed by atoms with Crippen molar-refractivity contribution in [3.63, 3.8) is 0 Å². The number of carbonyl (C=O) groups is 2. The van der Waals surface area contributed by atoms with Gasteiger partial charge in [-0.2, -0.15) is 0 Å². The Morgan fingerprint density at radius 3 is 2.50 bits per heavy atom. The van der Waals surface area contributed by atoms with Crippen molar-refractivity contribution in [1.82, 2.24) is 10.3 Å². The highest BCUT2D eigenvalue weighted by Gasteiger charge is 2.17. The van der Waals surface area contributed by atoms with E-state index in [0.717, 1.165) is 0 Å². The van der Waals surface area contributed by atoms with Crippen LogP contribution in [-0.2, 0) is 4.74 Å². The van der Waals surface area contributed by atoms with Crippen molar-refractivity contribution in [1.29, 1.82) is 0 Å². The van der Waals surface area contributed by atoms with Crippen LogP contribution in [0.15, 0.2) is 48.7 Å². The number of ketones is 1. The summed E-state index contributed by atoms with van der Waals surface area (Å²) in [4.78, 5) is 28.2. The number of para-hydroxylation sites is 1. The molecule has 2 rings (SSSR count). The van der Waals surface area contributed by atoms with Crippen molar-refractivity contribution < 1.29 is 19.1 Å². The fourth-order valence-electron chi connectivity index (χ4n) is 2.17. The number of ether oxygens (including phenoxy) is 2. The van der Waals surface area contributed by atoms with Gasteiger partial charge in [0.25, 0.3) is 0 Å². The Kier molecular flexibility index (Phi) is 6.72. The fourth-order valence-corrected chi connectivity index (χ4v) is 2.17. The number of nitrogens with one attached hydrogen (secondary N) is 1. The molecular weight excluding hydrogens is 332 g/mol. The molecule has 0 spiro atoms. The molecule has 0 aliphatic heterocycles. The number of hydrogen-bond acceptors (Lipinski definition) is 5. The molecule has 1 N–H and O–H groups in total. The lowest BCUT2D eigenvalue weighted by molar-refractivity contribution is 0.0525. The lowest BCUT2D eigenvalue weighted by Gasteiger charge is -2.19. The molecule has 6 heteroatoms. The van der Waals surface area contributed by atoms with Crippen molar-refractivity contribution in [2.75, 3.05) is 6.54 Å². The average Bonchev–Trinajstić information content (AvgIpc) is 2.58. The summed E-state index contributed by atoms with van der Waals surface area (Å²) in [6, 6.07) is 12.6. The van der Waals surface area contributed by atoms with Crippen LogP contribution in [0.2, 0.25) is 0 Å². The van der Waals surface area contributed by atoms with E-state index in [9.17, 15) is 9.59 Å². The number of aromatic nitrogens is 1. The van der Waals surface area contributed by atoms with Crippen LogP contribution in [0.3, 0.4) is 0 Å². The number of carbonyl (C=O) groups excluding carboxylic acids is 2. The molecule has 26 heavy (non-hydrogen) atoms. The predicted molar refractivity (Wildman–Crippen MR) is 98.6 cm³/mol. The SMILES string of the molecule is CC(C)(C)OC(=O)NCCCC(=O)c1cccnc1Oc1ccccc1. The van der Waals surface area contributed by atoms with Gasteiger partial charge in [-0.05, 0) is 51.5 Å². The highest BCUT2D eigenvalue weighted by Crippen LogP contribution is 2.23. The van der Waals surface area contributed by atoms with E-state index < -0.39 is 11.7 Å². The Balaban J connectivity index is 1.87. The van der Waals surface area contributed by atoms with Gasteiger partial charge >= 0.3 is 6.09 Å². The minimum absolute atomic E-state index is 0.0879. The van der Waals surface area contributed by atoms with Crippen LogP contribution in [0.5, 0.6) is 11.6 Å². The minimum Gasteiger partial charge on any atom is -0.444 e. The van der Waals surface area contributed by atoms with Crippen LogP contribution in [0, 0.1) is 0 Å². The second-order valence-electron chi connectivity index (χ2n) is 6.73. The van der Waals surface area contributed by atoms with E-state index in [1.165, 1.54) is 0 Å². The second kappa shape index (κ2) is 8.99. The summed E-state index contributed by atoms with van der Waals surface area (Å²) in [6.07, 6.45) is 1.86. The third kappa shape index (κ3) is 6.55. The van der Waals surface area contributed by atoms with Gasteiger partial charge in [-0.3, -0.25) is 4.79 Å². The largest absolute Gasteiger partial charge is 0.444 e. The predicted octanol–water partition coefficient (Wildman–Crippen LogP) is 4.36. The first kappa shape index (κ1) is 19.4. The smallest absolute Gasteiger partial charge is 0.407 e. The van der Waals surface area contributed by atoms with Gasteiger partial charge < -0.3 is 14.8 Å². The molecule has 1 aromatic carbocycles. The number of nitrogens with zero attached hydrogens (tertiary/aromatic N) is 1. The Bertz CT molecular complexity index is 739. The number of Topliss-reactive ketones (excluding diaryl/α,β-unsaturated/α-hetero) is 1. The van der Waals surface area contributed by atoms with Gasteiger partial charge in [0, 0.05) is 19.2 Å². The molecule has 0 aliphatic carbocycles. The molecule has 0 radical (unpaired) electrons. The maximum absolute atomic E-state index is 12.5. The zero-order valence-corrected chi connectivity index (χ0v) is 15.3. The first-order valence-electron chi connectivity index (χ1n) is 8.53. The molecule has 1 heterocycles. The number of hydrogen-bond donors (Lipinski definition) is 1. The highest BCUT2D eigenvalue weighted by molar-refractivity contribution is 5.98. The number of amides is 1. The number of rotatable bonds is 7. The average molecular weight is 356 g/mol. The lowest BCUT2D eigenvalue weighted by atomic mass is 10.1. The van der Waals surface area contributed by atoms with Crippen LogP contribution >= 0.6 is 0 Å². The van der Waals surface area contributed by atoms with Crippen molar-refractivity contribution >= 4 is 11.9 Å². The Morgan fingerprint density at radius 1 is 1.08 bits per heavy atom. The molecule has 0 bridgehead atoms. The summed E-state index contributed by atoms with van der Waals surface area (Å²) in [5.41, 5.74) is -0.118. The van der Waals surface area contributed by atoms with Crippen LogP contribution in [0.25, 0.3) is 0 Å². The van der Waals surface area contributed by atoms with Gasteiger partial charge in [-0.1, -0.05) is 18.2 Å². The van der Waals surface area contributed by atoms with Crippen molar-refractivity contribution in [3.8, 4) is 11.6 Å². The number of benzene rings is 1. The molecule has 0 unspecified atom stereocenters. The summed E-state index contributed by atoms with van der Waals surface area (Å²) in [5, 5.41) is 2.64. The molecule has 1 aromatic heterocycles. The monoisotopic (exact) mass is 356 g/mol. The van der Waals surface area contributed by atoms with E-state index >= 15 is 0 Å². The van der Waals surface area contributed by atoms with Gasteiger partial charge in [0.1, 0.15) is 11.4 Å². The van der Waals surface area contributed by atoms with Crippen LogP contribution in [-0.4, -0.2) is 29.0 Å². The van der Waals surface area contributed by atoms with E-state index in [0.29, 0.717) is 24.3 Å². The maximum atomic E-state index is 12.5. The Labute approximate surface area is 153 Å². The zero-order chi connectivity index (χ0) is 19.0. The molecule has 2 aromatic rings. The zero-order valence-electron chi connectivity index (χ0n) is 15.3. The minimum atomic E-state index is -0.542. The normalized spacial score (nSPS) is 10.9. The van der Waals surface area contributed by atoms with Crippen LogP contribution < -0.4 is 10.1 Å². The molecule has 0 saturated heterocycles. The molecular formula is C20H24N2O4. The van der Waals surface area contributed by atoms with Gasteiger partial charge in [0.05, 0.1) is 5.56 Å². The summed E-state index contributed by atoms with van der Waals surface area (Å²) in [5.74, 6) is 0.811. The first-order chi connectivity index (χ1) is 12.3. The molecule has 138 valence electrons. The highest BCUT2D eigenvalue weighted by atomic mass is 16.6. The van der Waals surface area contributed by atoms with Crippen molar-refractivity contribution in [2.45, 2.75) is 39.2 Å². The van der Waals surface area contributed by atoms with Gasteiger partial charge in [-0.15, -0.1) is 0 Å². The van der Waals surface area contributed by atoms with Crippen molar-refractivity contribution in [3.05, 3.63) is 54.2 Å². The standard InChI is InChI=1S/C20H24N2O4/c1-20(2,3)26-19(24)22-14-8-12-17(23)16-11-7-13-21-18(16)25-15-9-5-4-6-10-15/h4-7,9-11,13H,8,12,14H2,1-3H3,(H,22,24). The van der Waals surface area contributed by atoms with Gasteiger partial charge in [0.2, 0.25) is 5.88 Å². The summed E-state index contributed by atoms with van der Waals surface area (Å²) >= 11 is 0. The third-order valence-corrected chi connectivity index (χ3v) is 3.28. The van der Waals surface area contributed by atoms with E-state index in [-0.39, 0.29) is 18.1 Å². The van der Waals surface area contributed by atoms with Gasteiger partial charge in [0.15, 0.2) is 5.78 Å². The first-order valence-corrected chi connectivity index (χ1v) is 8.53. The molecule has 0 saturated carbocycles. The Morgan fingerprint density at radius 2 is 1.81 bits per heavy atom. The number of pyridine rings is 1. The van der Waals surface area contributed by atoms with E-state index in [1.807, 2.05) is 18.2 Å². The van der Waals surface area contributed by atoms with E-state index in [4.69, 9.17) is 9.47 Å². The molecule has 6 nitrogen and oxygen atoms in total. The van der Waals surface area contributed by atoms with Crippen molar-refractivity contribution in [2.24, 2.45) is 0 Å². The second-order valence-corrected chi connectivity index (χ2v) is 6.73.